The van der Waals surface area contributed by atoms with Crippen LogP contribution < -0.4 is 10.6 Å². The van der Waals surface area contributed by atoms with Crippen LogP contribution in [0.25, 0.3) is 0 Å². The summed E-state index contributed by atoms with van der Waals surface area (Å²) in [6, 6.07) is 7.01. The molecule has 0 aliphatic heterocycles. The topological polar surface area (TPSA) is 102 Å². The maximum absolute atomic E-state index is 12.6. The molecule has 3 fully saturated rings. The van der Waals surface area contributed by atoms with Crippen LogP contribution in [0.5, 0.6) is 0 Å². The van der Waals surface area contributed by atoms with Gasteiger partial charge in [-0.05, 0) is 50.7 Å². The SMILES string of the molecule is O=C(COC(=O)C1C[C@H]2CCC[C@@H](C1)C2=O)Nc1ccccc1C(=O)NC1CCCC1. The summed E-state index contributed by atoms with van der Waals surface area (Å²) in [5, 5.41) is 5.71. The summed E-state index contributed by atoms with van der Waals surface area (Å²) in [6.45, 7) is -0.406. The first-order valence-corrected chi connectivity index (χ1v) is 11.4. The van der Waals surface area contributed by atoms with Crippen molar-refractivity contribution in [1.82, 2.24) is 5.32 Å². The molecule has 7 heteroatoms. The van der Waals surface area contributed by atoms with Gasteiger partial charge in [0, 0.05) is 17.9 Å². The molecule has 0 aromatic heterocycles. The van der Waals surface area contributed by atoms with Crippen LogP contribution in [-0.4, -0.2) is 36.2 Å². The van der Waals surface area contributed by atoms with Crippen molar-refractivity contribution >= 4 is 29.3 Å². The van der Waals surface area contributed by atoms with Gasteiger partial charge in [0.05, 0.1) is 17.2 Å². The Morgan fingerprint density at radius 3 is 2.32 bits per heavy atom. The van der Waals surface area contributed by atoms with Gasteiger partial charge in [0.25, 0.3) is 11.8 Å². The molecule has 3 aliphatic carbocycles. The van der Waals surface area contributed by atoms with Gasteiger partial charge in [-0.2, -0.15) is 0 Å². The maximum atomic E-state index is 12.6. The average molecular weight is 427 g/mol. The van der Waals surface area contributed by atoms with Gasteiger partial charge in [-0.25, -0.2) is 0 Å². The third-order valence-electron chi connectivity index (χ3n) is 6.86. The number of esters is 1. The largest absolute Gasteiger partial charge is 0.455 e. The summed E-state index contributed by atoms with van der Waals surface area (Å²) in [6.07, 6.45) is 7.98. The minimum absolute atomic E-state index is 0.0378. The lowest BCUT2D eigenvalue weighted by Gasteiger charge is -2.36. The van der Waals surface area contributed by atoms with Crippen LogP contribution in [0.2, 0.25) is 0 Å². The summed E-state index contributed by atoms with van der Waals surface area (Å²) >= 11 is 0. The Balaban J connectivity index is 1.29. The van der Waals surface area contributed by atoms with Gasteiger partial charge < -0.3 is 15.4 Å². The number of hydrogen-bond donors (Lipinski definition) is 2. The van der Waals surface area contributed by atoms with Gasteiger partial charge in [-0.3, -0.25) is 19.2 Å². The molecule has 166 valence electrons. The van der Waals surface area contributed by atoms with E-state index in [2.05, 4.69) is 10.6 Å². The van der Waals surface area contributed by atoms with Crippen LogP contribution in [0.3, 0.4) is 0 Å². The molecule has 0 radical (unpaired) electrons. The summed E-state index contributed by atoms with van der Waals surface area (Å²) in [5.74, 6) is -1.20. The number of rotatable bonds is 6. The first-order valence-electron chi connectivity index (χ1n) is 11.4. The summed E-state index contributed by atoms with van der Waals surface area (Å²) < 4.78 is 5.26. The number of ketones is 1. The number of amides is 2. The lowest BCUT2D eigenvalue weighted by molar-refractivity contribution is -0.155. The molecule has 7 nitrogen and oxygen atoms in total. The highest BCUT2D eigenvalue weighted by Crippen LogP contribution is 2.40. The Morgan fingerprint density at radius 2 is 1.61 bits per heavy atom. The smallest absolute Gasteiger partial charge is 0.309 e. The average Bonchev–Trinajstić information content (AvgIpc) is 3.25. The van der Waals surface area contributed by atoms with Crippen molar-refractivity contribution in [2.24, 2.45) is 17.8 Å². The van der Waals surface area contributed by atoms with Crippen molar-refractivity contribution < 1.29 is 23.9 Å². The fourth-order valence-corrected chi connectivity index (χ4v) is 5.24. The number of benzene rings is 1. The van der Waals surface area contributed by atoms with Crippen molar-refractivity contribution in [3.63, 3.8) is 0 Å². The second kappa shape index (κ2) is 9.62. The molecule has 3 saturated carbocycles. The van der Waals surface area contributed by atoms with Crippen molar-refractivity contribution in [1.29, 1.82) is 0 Å². The maximum Gasteiger partial charge on any atom is 0.309 e. The quantitative estimate of drug-likeness (QED) is 0.680. The van der Waals surface area contributed by atoms with Gasteiger partial charge in [-0.1, -0.05) is 31.4 Å². The molecule has 2 N–H and O–H groups in total. The monoisotopic (exact) mass is 426 g/mol. The number of fused-ring (bicyclic) bond motifs is 2. The molecule has 2 amide bonds. The predicted octanol–water partition coefficient (Wildman–Crippen LogP) is 3.24. The van der Waals surface area contributed by atoms with Gasteiger partial charge >= 0.3 is 5.97 Å². The number of ether oxygens (including phenoxy) is 1. The number of carbonyl (C=O) groups excluding carboxylic acids is 4. The van der Waals surface area contributed by atoms with Crippen molar-refractivity contribution in [3.8, 4) is 0 Å². The predicted molar refractivity (Wildman–Crippen MR) is 114 cm³/mol. The molecule has 3 aliphatic rings. The zero-order valence-electron chi connectivity index (χ0n) is 17.7. The van der Waals surface area contributed by atoms with Crippen molar-refractivity contribution in [2.75, 3.05) is 11.9 Å². The summed E-state index contributed by atoms with van der Waals surface area (Å²) in [7, 11) is 0. The number of para-hydroxylation sites is 1. The number of carbonyl (C=O) groups is 4. The van der Waals surface area contributed by atoms with Crippen LogP contribution in [0.1, 0.15) is 68.1 Å². The Hall–Kier alpha value is -2.70. The lowest BCUT2D eigenvalue weighted by atomic mass is 9.67. The van der Waals surface area contributed by atoms with Crippen LogP contribution in [0, 0.1) is 17.8 Å². The molecule has 1 unspecified atom stereocenters. The molecular formula is C24H30N2O5. The number of Topliss-reactive ketones (excluding diaryl/α,β-unsaturated/α-hetero) is 1. The Morgan fingerprint density at radius 1 is 0.935 bits per heavy atom. The lowest BCUT2D eigenvalue weighted by Crippen LogP contribution is -2.40. The van der Waals surface area contributed by atoms with Crippen LogP contribution in [0.4, 0.5) is 5.69 Å². The molecule has 31 heavy (non-hydrogen) atoms. The van der Waals surface area contributed by atoms with E-state index in [0.717, 1.165) is 44.9 Å². The van der Waals surface area contributed by atoms with E-state index in [0.29, 0.717) is 29.9 Å². The second-order valence-electron chi connectivity index (χ2n) is 9.05. The third-order valence-corrected chi connectivity index (χ3v) is 6.86. The molecule has 2 bridgehead atoms. The van der Waals surface area contributed by atoms with Gasteiger partial charge in [0.15, 0.2) is 6.61 Å². The number of nitrogens with one attached hydrogen (secondary N) is 2. The zero-order chi connectivity index (χ0) is 21.8. The zero-order valence-corrected chi connectivity index (χ0v) is 17.7. The van der Waals surface area contributed by atoms with E-state index in [-0.39, 0.29) is 29.7 Å². The number of anilines is 1. The van der Waals surface area contributed by atoms with E-state index in [9.17, 15) is 19.2 Å². The fourth-order valence-electron chi connectivity index (χ4n) is 5.24. The fraction of sp³-hybridized carbons (Fsp3) is 0.583. The second-order valence-corrected chi connectivity index (χ2v) is 9.05. The van der Waals surface area contributed by atoms with E-state index >= 15 is 0 Å². The molecule has 0 heterocycles. The highest BCUT2D eigenvalue weighted by Gasteiger charge is 2.41. The van der Waals surface area contributed by atoms with Gasteiger partial charge in [0.1, 0.15) is 5.78 Å². The molecule has 0 saturated heterocycles. The summed E-state index contributed by atoms with van der Waals surface area (Å²) in [4.78, 5) is 49.7. The normalized spacial score (nSPS) is 25.7. The van der Waals surface area contributed by atoms with E-state index in [1.54, 1.807) is 24.3 Å². The molecular weight excluding hydrogens is 396 g/mol. The van der Waals surface area contributed by atoms with E-state index in [1.807, 2.05) is 0 Å². The first kappa shape index (κ1) is 21.5. The standard InChI is InChI=1S/C24H30N2O5/c27-21(14-31-24(30)17-12-15-6-5-7-16(13-17)22(15)28)26-20-11-4-3-10-19(20)23(29)25-18-8-1-2-9-18/h3-4,10-11,15-18H,1-2,5-9,12-14H2,(H,25,29)(H,26,27)/t15-,16+,17?. The molecule has 0 spiro atoms. The third kappa shape index (κ3) is 5.14. The molecule has 3 atom stereocenters. The molecule has 1 aromatic carbocycles. The van der Waals surface area contributed by atoms with Crippen LogP contribution >= 0.6 is 0 Å². The van der Waals surface area contributed by atoms with Crippen molar-refractivity contribution in [3.05, 3.63) is 29.8 Å². The minimum atomic E-state index is -0.485. The van der Waals surface area contributed by atoms with E-state index in [1.165, 1.54) is 0 Å². The Kier molecular flexibility index (Phi) is 6.68. The van der Waals surface area contributed by atoms with Crippen LogP contribution in [-0.2, 0) is 19.1 Å². The van der Waals surface area contributed by atoms with E-state index < -0.39 is 18.5 Å². The van der Waals surface area contributed by atoms with Crippen molar-refractivity contribution in [2.45, 2.75) is 63.8 Å². The van der Waals surface area contributed by atoms with Gasteiger partial charge in [0.2, 0.25) is 0 Å². The number of hydrogen-bond acceptors (Lipinski definition) is 5. The molecule has 1 aromatic rings. The summed E-state index contributed by atoms with van der Waals surface area (Å²) in [5.41, 5.74) is 0.796. The Labute approximate surface area is 182 Å². The minimum Gasteiger partial charge on any atom is -0.455 e. The highest BCUT2D eigenvalue weighted by molar-refractivity contribution is 6.04. The molecule has 4 rings (SSSR count). The van der Waals surface area contributed by atoms with Crippen LogP contribution in [0.15, 0.2) is 24.3 Å². The first-order chi connectivity index (χ1) is 15.0. The van der Waals surface area contributed by atoms with Gasteiger partial charge in [-0.15, -0.1) is 0 Å². The Bertz CT molecular complexity index is 845. The highest BCUT2D eigenvalue weighted by atomic mass is 16.5. The van der Waals surface area contributed by atoms with E-state index in [4.69, 9.17) is 4.74 Å².